The Kier molecular flexibility index (Phi) is 3.78. The first-order valence-corrected chi connectivity index (χ1v) is 8.55. The van der Waals surface area contributed by atoms with Crippen molar-refractivity contribution in [3.05, 3.63) is 16.0 Å². The minimum Gasteiger partial charge on any atom is -0.365 e. The summed E-state index contributed by atoms with van der Waals surface area (Å²) in [5.74, 6) is 1.03. The average Bonchev–Trinajstić information content (AvgIpc) is 3.11. The van der Waals surface area contributed by atoms with Gasteiger partial charge in [-0.15, -0.1) is 11.3 Å². The topological polar surface area (TPSA) is 72.2 Å². The Labute approximate surface area is 129 Å². The molecule has 3 N–H and O–H groups in total. The fourth-order valence-electron chi connectivity index (χ4n) is 4.12. The molecule has 1 aromatic rings. The number of carbonyl (C=O) groups is 2. The van der Waals surface area contributed by atoms with E-state index in [2.05, 4.69) is 5.32 Å². The van der Waals surface area contributed by atoms with Gasteiger partial charge in [-0.1, -0.05) is 13.3 Å². The van der Waals surface area contributed by atoms with Gasteiger partial charge in [0.15, 0.2) is 0 Å². The molecule has 4 nitrogen and oxygen atoms in total. The Hall–Kier alpha value is -1.36. The Balaban J connectivity index is 1.81. The van der Waals surface area contributed by atoms with Crippen LogP contribution in [0.5, 0.6) is 0 Å². The molecule has 0 spiro atoms. The summed E-state index contributed by atoms with van der Waals surface area (Å²) in [6.07, 6.45) is 5.41. The molecule has 2 fully saturated rings. The zero-order chi connectivity index (χ0) is 15.1. The predicted molar refractivity (Wildman–Crippen MR) is 84.5 cm³/mol. The van der Waals surface area contributed by atoms with Gasteiger partial charge >= 0.3 is 0 Å². The van der Waals surface area contributed by atoms with Gasteiger partial charge in [-0.3, -0.25) is 9.59 Å². The number of thiophene rings is 1. The van der Waals surface area contributed by atoms with Crippen LogP contribution in [0.2, 0.25) is 0 Å². The highest BCUT2D eigenvalue weighted by Gasteiger charge is 2.43. The van der Waals surface area contributed by atoms with Crippen molar-refractivity contribution in [2.75, 3.05) is 5.32 Å². The van der Waals surface area contributed by atoms with E-state index in [9.17, 15) is 9.59 Å². The third kappa shape index (κ3) is 2.48. The molecule has 2 saturated carbocycles. The molecule has 0 saturated heterocycles. The van der Waals surface area contributed by atoms with E-state index in [-0.39, 0.29) is 11.8 Å². The molecule has 1 aromatic heterocycles. The van der Waals surface area contributed by atoms with Crippen molar-refractivity contribution < 1.29 is 9.59 Å². The standard InChI is InChI=1S/C16H22N2O2S/c1-3-11-8(2)21-16(13(11)14(17)19)18-15(20)12-7-9-4-5-10(12)6-9/h9-10,12H,3-7H2,1-2H3,(H2,17,19)(H,18,20)/t9-,10-,12-/m0/s1. The van der Waals surface area contributed by atoms with E-state index in [1.165, 1.54) is 30.6 Å². The summed E-state index contributed by atoms with van der Waals surface area (Å²) in [4.78, 5) is 25.3. The molecular formula is C16H22N2O2S. The van der Waals surface area contributed by atoms with Crippen molar-refractivity contribution in [2.45, 2.75) is 46.0 Å². The van der Waals surface area contributed by atoms with Crippen LogP contribution in [0.1, 0.15) is 53.4 Å². The molecule has 0 radical (unpaired) electrons. The minimum absolute atomic E-state index is 0.0774. The molecule has 0 aliphatic heterocycles. The van der Waals surface area contributed by atoms with Gasteiger partial charge in [-0.05, 0) is 50.0 Å². The van der Waals surface area contributed by atoms with Crippen LogP contribution >= 0.6 is 11.3 Å². The summed E-state index contributed by atoms with van der Waals surface area (Å²) in [6.45, 7) is 3.98. The second-order valence-electron chi connectivity index (χ2n) is 6.33. The Morgan fingerprint density at radius 2 is 2.10 bits per heavy atom. The number of aryl methyl sites for hydroxylation is 1. The van der Waals surface area contributed by atoms with Crippen LogP contribution in [-0.2, 0) is 11.2 Å². The number of hydrogen-bond donors (Lipinski definition) is 2. The highest BCUT2D eigenvalue weighted by atomic mass is 32.1. The van der Waals surface area contributed by atoms with Gasteiger partial charge in [0.05, 0.1) is 5.56 Å². The lowest BCUT2D eigenvalue weighted by atomic mass is 9.88. The number of fused-ring (bicyclic) bond motifs is 2. The van der Waals surface area contributed by atoms with E-state index >= 15 is 0 Å². The summed E-state index contributed by atoms with van der Waals surface area (Å²) >= 11 is 1.47. The number of carbonyl (C=O) groups excluding carboxylic acids is 2. The van der Waals surface area contributed by atoms with Crippen LogP contribution in [0.4, 0.5) is 5.00 Å². The number of nitrogens with one attached hydrogen (secondary N) is 1. The molecule has 2 aliphatic rings. The molecule has 1 heterocycles. The van der Waals surface area contributed by atoms with Gasteiger partial charge in [0.1, 0.15) is 5.00 Å². The van der Waals surface area contributed by atoms with E-state index in [1.54, 1.807) is 0 Å². The van der Waals surface area contributed by atoms with E-state index in [4.69, 9.17) is 5.73 Å². The van der Waals surface area contributed by atoms with Crippen LogP contribution < -0.4 is 11.1 Å². The summed E-state index contributed by atoms with van der Waals surface area (Å²) in [5.41, 5.74) is 6.99. The third-order valence-electron chi connectivity index (χ3n) is 5.12. The molecule has 0 unspecified atom stereocenters. The molecule has 114 valence electrons. The molecule has 0 aromatic carbocycles. The van der Waals surface area contributed by atoms with Crippen molar-refractivity contribution in [3.8, 4) is 0 Å². The average molecular weight is 306 g/mol. The fourth-order valence-corrected chi connectivity index (χ4v) is 5.28. The number of nitrogens with two attached hydrogens (primary N) is 1. The largest absolute Gasteiger partial charge is 0.365 e. The maximum Gasteiger partial charge on any atom is 0.251 e. The van der Waals surface area contributed by atoms with Gasteiger partial charge in [-0.25, -0.2) is 0 Å². The molecule has 21 heavy (non-hydrogen) atoms. The number of rotatable bonds is 4. The van der Waals surface area contributed by atoms with Gasteiger partial charge < -0.3 is 11.1 Å². The Morgan fingerprint density at radius 3 is 2.62 bits per heavy atom. The maximum atomic E-state index is 12.5. The quantitative estimate of drug-likeness (QED) is 0.897. The van der Waals surface area contributed by atoms with Crippen LogP contribution in [0.25, 0.3) is 0 Å². The first-order chi connectivity index (χ1) is 10.0. The molecule has 3 atom stereocenters. The summed E-state index contributed by atoms with van der Waals surface area (Å²) in [7, 11) is 0. The van der Waals surface area contributed by atoms with Crippen LogP contribution in [-0.4, -0.2) is 11.8 Å². The normalized spacial score (nSPS) is 27.0. The second kappa shape index (κ2) is 5.44. The van der Waals surface area contributed by atoms with Gasteiger partial charge in [0, 0.05) is 10.8 Å². The summed E-state index contributed by atoms with van der Waals surface area (Å²) in [6, 6.07) is 0. The maximum absolute atomic E-state index is 12.5. The van der Waals surface area contributed by atoms with E-state index < -0.39 is 5.91 Å². The molecular weight excluding hydrogens is 284 g/mol. The lowest BCUT2D eigenvalue weighted by molar-refractivity contribution is -0.121. The van der Waals surface area contributed by atoms with Crippen molar-refractivity contribution >= 4 is 28.2 Å². The molecule has 2 amide bonds. The smallest absolute Gasteiger partial charge is 0.251 e. The van der Waals surface area contributed by atoms with E-state index in [1.807, 2.05) is 13.8 Å². The van der Waals surface area contributed by atoms with Crippen molar-refractivity contribution in [1.82, 2.24) is 0 Å². The zero-order valence-corrected chi connectivity index (χ0v) is 13.4. The summed E-state index contributed by atoms with van der Waals surface area (Å²) in [5, 5.41) is 3.64. The van der Waals surface area contributed by atoms with Crippen LogP contribution in [0.15, 0.2) is 0 Å². The molecule has 2 aliphatic carbocycles. The van der Waals surface area contributed by atoms with Crippen molar-refractivity contribution in [2.24, 2.45) is 23.5 Å². The van der Waals surface area contributed by atoms with Crippen LogP contribution in [0, 0.1) is 24.7 Å². The van der Waals surface area contributed by atoms with Crippen molar-refractivity contribution in [3.63, 3.8) is 0 Å². The Morgan fingerprint density at radius 1 is 1.33 bits per heavy atom. The van der Waals surface area contributed by atoms with E-state index in [0.29, 0.717) is 16.5 Å². The van der Waals surface area contributed by atoms with Gasteiger partial charge in [0.2, 0.25) is 5.91 Å². The monoisotopic (exact) mass is 306 g/mol. The second-order valence-corrected chi connectivity index (χ2v) is 7.55. The lowest BCUT2D eigenvalue weighted by Crippen LogP contribution is -2.28. The summed E-state index contributed by atoms with van der Waals surface area (Å²) < 4.78 is 0. The molecule has 5 heteroatoms. The lowest BCUT2D eigenvalue weighted by Gasteiger charge is -2.20. The molecule has 2 bridgehead atoms. The van der Waals surface area contributed by atoms with Crippen molar-refractivity contribution in [1.29, 1.82) is 0 Å². The molecule has 3 rings (SSSR count). The van der Waals surface area contributed by atoms with E-state index in [0.717, 1.165) is 29.2 Å². The number of amides is 2. The van der Waals surface area contributed by atoms with Crippen LogP contribution in [0.3, 0.4) is 0 Å². The first-order valence-electron chi connectivity index (χ1n) is 7.74. The van der Waals surface area contributed by atoms with Gasteiger partial charge in [-0.2, -0.15) is 0 Å². The highest BCUT2D eigenvalue weighted by molar-refractivity contribution is 7.16. The predicted octanol–water partition coefficient (Wildman–Crippen LogP) is 3.09. The fraction of sp³-hybridized carbons (Fsp3) is 0.625. The Bertz CT molecular complexity index is 593. The van der Waals surface area contributed by atoms with Gasteiger partial charge in [0.25, 0.3) is 5.91 Å². The SMILES string of the molecule is CCc1c(C)sc(NC(=O)[C@H]2C[C@H]3CC[C@H]2C3)c1C(N)=O. The first kappa shape index (κ1) is 14.6. The third-order valence-corrected chi connectivity index (χ3v) is 6.18. The number of anilines is 1. The zero-order valence-electron chi connectivity index (χ0n) is 12.6. The highest BCUT2D eigenvalue weighted by Crippen LogP contribution is 2.48. The number of hydrogen-bond acceptors (Lipinski definition) is 3. The minimum atomic E-state index is -0.445. The number of primary amides is 1.